The van der Waals surface area contributed by atoms with Crippen molar-refractivity contribution >= 4 is 17.8 Å². The van der Waals surface area contributed by atoms with Gasteiger partial charge >= 0.3 is 0 Å². The highest BCUT2D eigenvalue weighted by Gasteiger charge is 2.33. The summed E-state index contributed by atoms with van der Waals surface area (Å²) in [4.78, 5) is 37.0. The third-order valence-electron chi connectivity index (χ3n) is 7.92. The Labute approximate surface area is 224 Å². The molecule has 0 aromatic heterocycles. The lowest BCUT2D eigenvalue weighted by Gasteiger charge is -2.39. The van der Waals surface area contributed by atoms with Crippen LogP contribution in [0.25, 0.3) is 0 Å². The molecule has 8 nitrogen and oxygen atoms in total. The number of fused-ring (bicyclic) bond motifs is 1. The second-order valence-electron chi connectivity index (χ2n) is 10.5. The van der Waals surface area contributed by atoms with Gasteiger partial charge in [0.25, 0.3) is 0 Å². The SMILES string of the molecule is N#CNC(=N[C@H]1CCCCN(CC(=O)N2CCCC2)C1=O)N1Cc2ccccc2CC1Cc1ccccc1. The zero-order valence-corrected chi connectivity index (χ0v) is 21.9. The first-order valence-electron chi connectivity index (χ1n) is 13.8. The van der Waals surface area contributed by atoms with Crippen LogP contribution in [0.2, 0.25) is 0 Å². The van der Waals surface area contributed by atoms with Crippen LogP contribution in [0, 0.1) is 11.5 Å². The molecule has 2 saturated heterocycles. The van der Waals surface area contributed by atoms with E-state index in [-0.39, 0.29) is 24.4 Å². The molecule has 0 aliphatic carbocycles. The standard InChI is InChI=1S/C30H36N6O2/c31-22-32-30(33-27-14-6-7-17-35(29(27)38)21-28(37)34-15-8-9-16-34)36-20-25-13-5-4-12-24(25)19-26(36)18-23-10-2-1-3-11-23/h1-5,10-13,26-27H,6-9,14-21H2,(H,32,33)/t26?,27-/m0/s1. The minimum absolute atomic E-state index is 0.0198. The number of benzene rings is 2. The second kappa shape index (κ2) is 12.1. The van der Waals surface area contributed by atoms with Crippen LogP contribution in [0.4, 0.5) is 0 Å². The highest BCUT2D eigenvalue weighted by Crippen LogP contribution is 2.26. The molecule has 2 atom stereocenters. The van der Waals surface area contributed by atoms with E-state index in [1.807, 2.05) is 29.2 Å². The zero-order valence-electron chi connectivity index (χ0n) is 21.9. The molecular weight excluding hydrogens is 476 g/mol. The Bertz CT molecular complexity index is 1200. The van der Waals surface area contributed by atoms with Crippen LogP contribution in [-0.2, 0) is 29.0 Å². The molecule has 2 aromatic carbocycles. The number of likely N-dealkylation sites (tertiary alicyclic amines) is 2. The van der Waals surface area contributed by atoms with Crippen molar-refractivity contribution in [2.24, 2.45) is 4.99 Å². The van der Waals surface area contributed by atoms with Crippen molar-refractivity contribution in [3.63, 3.8) is 0 Å². The molecule has 5 rings (SSSR count). The van der Waals surface area contributed by atoms with Gasteiger partial charge < -0.3 is 14.7 Å². The Balaban J connectivity index is 1.41. The summed E-state index contributed by atoms with van der Waals surface area (Å²) in [6, 6.07) is 18.2. The first kappa shape index (κ1) is 25.8. The van der Waals surface area contributed by atoms with E-state index in [0.29, 0.717) is 25.5 Å². The fourth-order valence-corrected chi connectivity index (χ4v) is 5.87. The molecular formula is C30H36N6O2. The van der Waals surface area contributed by atoms with Gasteiger partial charge in [-0.1, -0.05) is 54.6 Å². The summed E-state index contributed by atoms with van der Waals surface area (Å²) in [5.74, 6) is 0.338. The monoisotopic (exact) mass is 512 g/mol. The number of hydrogen-bond acceptors (Lipinski definition) is 4. The summed E-state index contributed by atoms with van der Waals surface area (Å²) in [6.07, 6.45) is 8.05. The van der Waals surface area contributed by atoms with E-state index in [4.69, 9.17) is 4.99 Å². The third-order valence-corrected chi connectivity index (χ3v) is 7.92. The maximum atomic E-state index is 13.6. The van der Waals surface area contributed by atoms with Gasteiger partial charge in [-0.15, -0.1) is 0 Å². The zero-order chi connectivity index (χ0) is 26.3. The molecule has 8 heteroatoms. The van der Waals surface area contributed by atoms with Gasteiger partial charge in [-0.2, -0.15) is 5.26 Å². The molecule has 3 heterocycles. The van der Waals surface area contributed by atoms with Crippen molar-refractivity contribution in [1.29, 1.82) is 5.26 Å². The third kappa shape index (κ3) is 5.99. The normalized spacial score (nSPS) is 22.0. The lowest BCUT2D eigenvalue weighted by Crippen LogP contribution is -2.51. The summed E-state index contributed by atoms with van der Waals surface area (Å²) in [6.45, 7) is 2.84. The van der Waals surface area contributed by atoms with Gasteiger partial charge in [0, 0.05) is 32.2 Å². The number of carbonyl (C=O) groups is 2. The molecule has 2 fully saturated rings. The Kier molecular flexibility index (Phi) is 8.22. The van der Waals surface area contributed by atoms with E-state index in [1.165, 1.54) is 16.7 Å². The second-order valence-corrected chi connectivity index (χ2v) is 10.5. The molecule has 3 aliphatic heterocycles. The van der Waals surface area contributed by atoms with Crippen LogP contribution in [0.3, 0.4) is 0 Å². The van der Waals surface area contributed by atoms with Gasteiger partial charge in [-0.3, -0.25) is 14.9 Å². The quantitative estimate of drug-likeness (QED) is 0.288. The van der Waals surface area contributed by atoms with E-state index in [9.17, 15) is 14.9 Å². The van der Waals surface area contributed by atoms with E-state index in [0.717, 1.165) is 51.6 Å². The number of nitriles is 1. The van der Waals surface area contributed by atoms with E-state index in [2.05, 4.69) is 46.7 Å². The maximum Gasteiger partial charge on any atom is 0.247 e. The average Bonchev–Trinajstić information content (AvgIpc) is 3.43. The van der Waals surface area contributed by atoms with Crippen LogP contribution < -0.4 is 5.32 Å². The van der Waals surface area contributed by atoms with Crippen molar-refractivity contribution in [3.05, 3.63) is 71.3 Å². The first-order chi connectivity index (χ1) is 18.6. The molecule has 0 saturated carbocycles. The predicted octanol–water partition coefficient (Wildman–Crippen LogP) is 3.09. The number of guanidine groups is 1. The fourth-order valence-electron chi connectivity index (χ4n) is 5.87. The minimum atomic E-state index is -0.616. The van der Waals surface area contributed by atoms with Crippen molar-refractivity contribution in [3.8, 4) is 6.19 Å². The van der Waals surface area contributed by atoms with Gasteiger partial charge in [-0.25, -0.2) is 4.99 Å². The van der Waals surface area contributed by atoms with Crippen LogP contribution >= 0.6 is 0 Å². The molecule has 0 bridgehead atoms. The summed E-state index contributed by atoms with van der Waals surface area (Å²) >= 11 is 0. The van der Waals surface area contributed by atoms with Gasteiger partial charge in [-0.05, 0) is 61.6 Å². The summed E-state index contributed by atoms with van der Waals surface area (Å²) in [7, 11) is 0. The number of nitrogens with one attached hydrogen (secondary N) is 1. The largest absolute Gasteiger partial charge is 0.341 e. The number of amides is 2. The van der Waals surface area contributed by atoms with Gasteiger partial charge in [0.2, 0.25) is 17.8 Å². The lowest BCUT2D eigenvalue weighted by molar-refractivity contribution is -0.140. The Hall–Kier alpha value is -3.86. The number of carbonyl (C=O) groups excluding carboxylic acids is 2. The number of rotatable bonds is 5. The minimum Gasteiger partial charge on any atom is -0.341 e. The van der Waals surface area contributed by atoms with Crippen LogP contribution in [-0.4, -0.2) is 70.7 Å². The maximum absolute atomic E-state index is 13.6. The van der Waals surface area contributed by atoms with E-state index < -0.39 is 6.04 Å². The highest BCUT2D eigenvalue weighted by atomic mass is 16.2. The molecule has 0 spiro atoms. The number of hydrogen-bond donors (Lipinski definition) is 1. The van der Waals surface area contributed by atoms with Gasteiger partial charge in [0.15, 0.2) is 6.19 Å². The highest BCUT2D eigenvalue weighted by molar-refractivity contribution is 5.91. The van der Waals surface area contributed by atoms with Crippen molar-refractivity contribution in [1.82, 2.24) is 20.0 Å². The molecule has 38 heavy (non-hydrogen) atoms. The molecule has 2 aromatic rings. The van der Waals surface area contributed by atoms with Gasteiger partial charge in [0.1, 0.15) is 6.04 Å². The van der Waals surface area contributed by atoms with Crippen molar-refractivity contribution < 1.29 is 9.59 Å². The molecule has 0 radical (unpaired) electrons. The smallest absolute Gasteiger partial charge is 0.247 e. The lowest BCUT2D eigenvalue weighted by atomic mass is 9.90. The Morgan fingerprint density at radius 1 is 0.974 bits per heavy atom. The average molecular weight is 513 g/mol. The molecule has 1 N–H and O–H groups in total. The van der Waals surface area contributed by atoms with E-state index >= 15 is 0 Å². The van der Waals surface area contributed by atoms with Crippen LogP contribution in [0.15, 0.2) is 59.6 Å². The van der Waals surface area contributed by atoms with Crippen LogP contribution in [0.5, 0.6) is 0 Å². The predicted molar refractivity (Wildman–Crippen MR) is 146 cm³/mol. The Morgan fingerprint density at radius 3 is 2.45 bits per heavy atom. The summed E-state index contributed by atoms with van der Waals surface area (Å²) in [5, 5.41) is 12.5. The fraction of sp³-hybridized carbons (Fsp3) is 0.467. The van der Waals surface area contributed by atoms with Crippen molar-refractivity contribution in [2.45, 2.75) is 63.6 Å². The number of nitrogens with zero attached hydrogens (tertiary/aromatic N) is 5. The number of aliphatic imine (C=N–C) groups is 1. The topological polar surface area (TPSA) is 92.0 Å². The molecule has 198 valence electrons. The Morgan fingerprint density at radius 2 is 1.68 bits per heavy atom. The van der Waals surface area contributed by atoms with Crippen LogP contribution in [0.1, 0.15) is 48.8 Å². The molecule has 3 aliphatic rings. The first-order valence-corrected chi connectivity index (χ1v) is 13.8. The summed E-state index contributed by atoms with van der Waals surface area (Å²) < 4.78 is 0. The van der Waals surface area contributed by atoms with Gasteiger partial charge in [0.05, 0.1) is 6.54 Å². The van der Waals surface area contributed by atoms with Crippen molar-refractivity contribution in [2.75, 3.05) is 26.2 Å². The molecule has 2 amide bonds. The van der Waals surface area contributed by atoms with E-state index in [1.54, 1.807) is 4.90 Å². The molecule has 1 unspecified atom stereocenters. The summed E-state index contributed by atoms with van der Waals surface area (Å²) in [5.41, 5.74) is 3.72.